The van der Waals surface area contributed by atoms with E-state index in [0.717, 1.165) is 16.8 Å². The molecular formula is C14H16N2O2. The molecule has 94 valence electrons. The van der Waals surface area contributed by atoms with Crippen LogP contribution in [-0.2, 0) is 0 Å². The first-order valence-electron chi connectivity index (χ1n) is 5.81. The summed E-state index contributed by atoms with van der Waals surface area (Å²) in [4.78, 5) is 25.5. The SMILES string of the molecule is Cc1cc(C)c(-n2cc(C)c(=O)[nH]c2=O)cc1C. The summed E-state index contributed by atoms with van der Waals surface area (Å²) in [5.74, 6) is 0. The van der Waals surface area contributed by atoms with E-state index < -0.39 is 5.69 Å². The summed E-state index contributed by atoms with van der Waals surface area (Å²) >= 11 is 0. The molecule has 0 unspecified atom stereocenters. The van der Waals surface area contributed by atoms with Crippen LogP contribution in [0.25, 0.3) is 5.69 Å². The van der Waals surface area contributed by atoms with Crippen LogP contribution in [0, 0.1) is 27.7 Å². The van der Waals surface area contributed by atoms with Crippen LogP contribution in [0.3, 0.4) is 0 Å². The molecule has 0 saturated carbocycles. The molecule has 4 heteroatoms. The van der Waals surface area contributed by atoms with E-state index in [0.29, 0.717) is 5.56 Å². The Labute approximate surface area is 105 Å². The summed E-state index contributed by atoms with van der Waals surface area (Å²) < 4.78 is 1.48. The van der Waals surface area contributed by atoms with Crippen LogP contribution in [0.1, 0.15) is 22.3 Å². The van der Waals surface area contributed by atoms with Gasteiger partial charge in [0, 0.05) is 11.8 Å². The van der Waals surface area contributed by atoms with Crippen molar-refractivity contribution in [2.24, 2.45) is 0 Å². The summed E-state index contributed by atoms with van der Waals surface area (Å²) in [5.41, 5.74) is 3.90. The topological polar surface area (TPSA) is 54.9 Å². The third kappa shape index (κ3) is 2.01. The van der Waals surface area contributed by atoms with Crippen molar-refractivity contribution in [3.05, 3.63) is 61.4 Å². The average molecular weight is 244 g/mol. The van der Waals surface area contributed by atoms with E-state index in [4.69, 9.17) is 0 Å². The molecule has 0 aliphatic carbocycles. The van der Waals surface area contributed by atoms with Crippen LogP contribution in [0.2, 0.25) is 0 Å². The third-order valence-corrected chi connectivity index (χ3v) is 3.19. The van der Waals surface area contributed by atoms with Gasteiger partial charge in [0.05, 0.1) is 5.69 Å². The zero-order valence-electron chi connectivity index (χ0n) is 11.0. The highest BCUT2D eigenvalue weighted by Crippen LogP contribution is 2.17. The zero-order chi connectivity index (χ0) is 13.4. The molecule has 2 rings (SSSR count). The molecule has 0 bridgehead atoms. The second-order valence-corrected chi connectivity index (χ2v) is 4.66. The van der Waals surface area contributed by atoms with Crippen LogP contribution in [-0.4, -0.2) is 9.55 Å². The molecule has 0 atom stereocenters. The van der Waals surface area contributed by atoms with Crippen molar-refractivity contribution >= 4 is 0 Å². The summed E-state index contributed by atoms with van der Waals surface area (Å²) in [5, 5.41) is 0. The first kappa shape index (κ1) is 12.4. The van der Waals surface area contributed by atoms with Gasteiger partial charge in [-0.05, 0) is 50.5 Å². The van der Waals surface area contributed by atoms with E-state index in [9.17, 15) is 9.59 Å². The van der Waals surface area contributed by atoms with Gasteiger partial charge >= 0.3 is 5.69 Å². The van der Waals surface area contributed by atoms with Gasteiger partial charge in [0.15, 0.2) is 0 Å². The molecule has 0 spiro atoms. The third-order valence-electron chi connectivity index (χ3n) is 3.19. The van der Waals surface area contributed by atoms with Crippen molar-refractivity contribution in [1.29, 1.82) is 0 Å². The maximum absolute atomic E-state index is 11.8. The Hall–Kier alpha value is -2.10. The van der Waals surface area contributed by atoms with Gasteiger partial charge in [-0.2, -0.15) is 0 Å². The minimum Gasteiger partial charge on any atom is -0.273 e. The number of rotatable bonds is 1. The van der Waals surface area contributed by atoms with Crippen molar-refractivity contribution < 1.29 is 0 Å². The van der Waals surface area contributed by atoms with Crippen LogP contribution in [0.4, 0.5) is 0 Å². The standard InChI is InChI=1S/C14H16N2O2/c1-8-5-10(3)12(6-9(8)2)16-7-11(4)13(17)15-14(16)18/h5-7H,1-4H3,(H,15,17,18). The number of hydrogen-bond acceptors (Lipinski definition) is 2. The lowest BCUT2D eigenvalue weighted by molar-refractivity contribution is 0.872. The predicted molar refractivity (Wildman–Crippen MR) is 71.6 cm³/mol. The van der Waals surface area contributed by atoms with E-state index >= 15 is 0 Å². The number of aromatic amines is 1. The van der Waals surface area contributed by atoms with Gasteiger partial charge in [-0.1, -0.05) is 6.07 Å². The molecule has 1 aromatic carbocycles. The van der Waals surface area contributed by atoms with Gasteiger partial charge in [0.1, 0.15) is 0 Å². The first-order valence-corrected chi connectivity index (χ1v) is 5.81. The number of nitrogens with one attached hydrogen (secondary N) is 1. The Balaban J connectivity index is 2.77. The lowest BCUT2D eigenvalue weighted by atomic mass is 10.0. The molecule has 0 radical (unpaired) electrons. The minimum atomic E-state index is -0.406. The Kier molecular flexibility index (Phi) is 2.95. The highest BCUT2D eigenvalue weighted by molar-refractivity contribution is 5.46. The molecule has 0 fully saturated rings. The van der Waals surface area contributed by atoms with E-state index in [1.54, 1.807) is 13.1 Å². The number of H-pyrrole nitrogens is 1. The summed E-state index contributed by atoms with van der Waals surface area (Å²) in [6.45, 7) is 7.68. The minimum absolute atomic E-state index is 0.335. The second-order valence-electron chi connectivity index (χ2n) is 4.66. The van der Waals surface area contributed by atoms with Crippen LogP contribution < -0.4 is 11.2 Å². The Morgan fingerprint density at radius 2 is 1.50 bits per heavy atom. The van der Waals surface area contributed by atoms with Gasteiger partial charge in [-0.3, -0.25) is 14.3 Å². The fourth-order valence-electron chi connectivity index (χ4n) is 1.95. The molecule has 18 heavy (non-hydrogen) atoms. The van der Waals surface area contributed by atoms with E-state index in [1.165, 1.54) is 10.1 Å². The molecule has 1 N–H and O–H groups in total. The van der Waals surface area contributed by atoms with Gasteiger partial charge in [0.25, 0.3) is 5.56 Å². The lowest BCUT2D eigenvalue weighted by Crippen LogP contribution is -2.30. The fourth-order valence-corrected chi connectivity index (χ4v) is 1.95. The Morgan fingerprint density at radius 3 is 2.17 bits per heavy atom. The van der Waals surface area contributed by atoms with Crippen molar-refractivity contribution in [3.63, 3.8) is 0 Å². The average Bonchev–Trinajstić information content (AvgIpc) is 2.29. The van der Waals surface area contributed by atoms with Gasteiger partial charge in [-0.15, -0.1) is 0 Å². The largest absolute Gasteiger partial charge is 0.332 e. The molecule has 2 aromatic rings. The monoisotopic (exact) mass is 244 g/mol. The van der Waals surface area contributed by atoms with E-state index in [2.05, 4.69) is 4.98 Å². The molecule has 1 aromatic heterocycles. The second kappa shape index (κ2) is 4.29. The van der Waals surface area contributed by atoms with Crippen molar-refractivity contribution in [1.82, 2.24) is 9.55 Å². The summed E-state index contributed by atoms with van der Waals surface area (Å²) in [7, 11) is 0. The smallest absolute Gasteiger partial charge is 0.273 e. The van der Waals surface area contributed by atoms with Gasteiger partial charge in [0.2, 0.25) is 0 Å². The van der Waals surface area contributed by atoms with E-state index in [1.807, 2.05) is 32.9 Å². The number of benzene rings is 1. The number of aryl methyl sites for hydroxylation is 4. The van der Waals surface area contributed by atoms with Crippen LogP contribution in [0.15, 0.2) is 27.9 Å². The predicted octanol–water partition coefficient (Wildman–Crippen LogP) is 1.76. The Bertz CT molecular complexity index is 724. The maximum Gasteiger partial charge on any atom is 0.332 e. The Morgan fingerprint density at radius 1 is 0.889 bits per heavy atom. The number of aromatic nitrogens is 2. The molecular weight excluding hydrogens is 228 g/mol. The van der Waals surface area contributed by atoms with Crippen molar-refractivity contribution in [2.75, 3.05) is 0 Å². The van der Waals surface area contributed by atoms with Crippen molar-refractivity contribution in [2.45, 2.75) is 27.7 Å². The van der Waals surface area contributed by atoms with Crippen molar-refractivity contribution in [3.8, 4) is 5.69 Å². The lowest BCUT2D eigenvalue weighted by Gasteiger charge is -2.12. The fraction of sp³-hybridized carbons (Fsp3) is 0.286. The van der Waals surface area contributed by atoms with Gasteiger partial charge < -0.3 is 0 Å². The first-order chi connectivity index (χ1) is 8.40. The molecule has 4 nitrogen and oxygen atoms in total. The number of nitrogens with zero attached hydrogens (tertiary/aromatic N) is 1. The molecule has 0 aliphatic rings. The van der Waals surface area contributed by atoms with Crippen LogP contribution in [0.5, 0.6) is 0 Å². The highest BCUT2D eigenvalue weighted by atomic mass is 16.2. The normalized spacial score (nSPS) is 10.7. The number of hydrogen-bond donors (Lipinski definition) is 1. The molecule has 0 amide bonds. The van der Waals surface area contributed by atoms with E-state index in [-0.39, 0.29) is 5.56 Å². The molecule has 1 heterocycles. The van der Waals surface area contributed by atoms with Gasteiger partial charge in [-0.25, -0.2) is 4.79 Å². The maximum atomic E-state index is 11.8. The molecule has 0 aliphatic heterocycles. The van der Waals surface area contributed by atoms with Crippen LogP contribution >= 0.6 is 0 Å². The quantitative estimate of drug-likeness (QED) is 0.831. The summed E-state index contributed by atoms with van der Waals surface area (Å²) in [6.07, 6.45) is 1.58. The summed E-state index contributed by atoms with van der Waals surface area (Å²) in [6, 6.07) is 4.00. The molecule has 0 saturated heterocycles. The highest BCUT2D eigenvalue weighted by Gasteiger charge is 2.07. The zero-order valence-corrected chi connectivity index (χ0v) is 11.0.